The van der Waals surface area contributed by atoms with Crippen molar-refractivity contribution in [3.8, 4) is 5.75 Å². The number of para-hydroxylation sites is 1. The van der Waals surface area contributed by atoms with Crippen LogP contribution in [0.15, 0.2) is 29.3 Å². The molecule has 0 bridgehead atoms. The summed E-state index contributed by atoms with van der Waals surface area (Å²) in [7, 11) is 3.64. The highest BCUT2D eigenvalue weighted by Gasteiger charge is 2.54. The lowest BCUT2D eigenvalue weighted by molar-refractivity contribution is -0.0667. The molecule has 24 heavy (non-hydrogen) atoms. The number of hydrogen-bond acceptors (Lipinski definition) is 2. The van der Waals surface area contributed by atoms with Gasteiger partial charge in [-0.25, -0.2) is 0 Å². The van der Waals surface area contributed by atoms with E-state index < -0.39 is 0 Å². The Morgan fingerprint density at radius 2 is 1.88 bits per heavy atom. The SMILES string of the molecule is CN=C(NCC1(c2ccccc2OC)CC1)N1CC(C)(C)C1(C)C. The van der Waals surface area contributed by atoms with E-state index in [0.29, 0.717) is 5.41 Å². The van der Waals surface area contributed by atoms with Crippen LogP contribution in [0.3, 0.4) is 0 Å². The van der Waals surface area contributed by atoms with Gasteiger partial charge in [-0.15, -0.1) is 0 Å². The Hall–Kier alpha value is -1.71. The van der Waals surface area contributed by atoms with Crippen molar-refractivity contribution in [1.82, 2.24) is 10.2 Å². The molecule has 0 radical (unpaired) electrons. The third-order valence-corrected chi connectivity index (χ3v) is 6.47. The molecule has 1 saturated carbocycles. The summed E-state index contributed by atoms with van der Waals surface area (Å²) >= 11 is 0. The highest BCUT2D eigenvalue weighted by atomic mass is 16.5. The second-order valence-electron chi connectivity index (χ2n) is 8.41. The smallest absolute Gasteiger partial charge is 0.194 e. The van der Waals surface area contributed by atoms with Crippen molar-refractivity contribution in [3.05, 3.63) is 29.8 Å². The minimum Gasteiger partial charge on any atom is -0.496 e. The number of benzene rings is 1. The number of rotatable bonds is 4. The molecule has 4 nitrogen and oxygen atoms in total. The number of nitrogens with one attached hydrogen (secondary N) is 1. The van der Waals surface area contributed by atoms with Crippen molar-refractivity contribution in [2.45, 2.75) is 51.5 Å². The Morgan fingerprint density at radius 1 is 1.21 bits per heavy atom. The molecule has 1 saturated heterocycles. The molecule has 0 unspecified atom stereocenters. The molecule has 4 heteroatoms. The molecule has 0 aromatic heterocycles. The maximum Gasteiger partial charge on any atom is 0.194 e. The van der Waals surface area contributed by atoms with Crippen LogP contribution in [0.4, 0.5) is 0 Å². The average Bonchev–Trinajstić information content (AvgIpc) is 3.35. The number of nitrogens with zero attached hydrogens (tertiary/aromatic N) is 2. The first-order valence-electron chi connectivity index (χ1n) is 8.89. The van der Waals surface area contributed by atoms with Crippen LogP contribution in [-0.2, 0) is 5.41 Å². The first-order valence-corrected chi connectivity index (χ1v) is 8.89. The van der Waals surface area contributed by atoms with Gasteiger partial charge in [-0.1, -0.05) is 32.0 Å². The van der Waals surface area contributed by atoms with E-state index in [0.717, 1.165) is 24.8 Å². The van der Waals surface area contributed by atoms with Gasteiger partial charge >= 0.3 is 0 Å². The fourth-order valence-electron chi connectivity index (χ4n) is 3.72. The van der Waals surface area contributed by atoms with Crippen molar-refractivity contribution in [2.24, 2.45) is 10.4 Å². The molecule has 0 atom stereocenters. The maximum absolute atomic E-state index is 5.58. The van der Waals surface area contributed by atoms with Crippen molar-refractivity contribution >= 4 is 5.96 Å². The van der Waals surface area contributed by atoms with Crippen LogP contribution >= 0.6 is 0 Å². The molecule has 3 rings (SSSR count). The summed E-state index contributed by atoms with van der Waals surface area (Å²) in [6, 6.07) is 8.40. The second kappa shape index (κ2) is 5.68. The predicted molar refractivity (Wildman–Crippen MR) is 99.8 cm³/mol. The third-order valence-electron chi connectivity index (χ3n) is 6.47. The van der Waals surface area contributed by atoms with Gasteiger partial charge in [0.25, 0.3) is 0 Å². The summed E-state index contributed by atoms with van der Waals surface area (Å²) in [6.45, 7) is 11.2. The zero-order valence-corrected chi connectivity index (χ0v) is 15.9. The summed E-state index contributed by atoms with van der Waals surface area (Å²) in [6.07, 6.45) is 2.40. The van der Waals surface area contributed by atoms with E-state index in [1.807, 2.05) is 13.1 Å². The van der Waals surface area contributed by atoms with E-state index in [1.54, 1.807) is 7.11 Å². The Labute approximate surface area is 146 Å². The number of methoxy groups -OCH3 is 1. The molecule has 1 N–H and O–H groups in total. The van der Waals surface area contributed by atoms with Crippen LogP contribution < -0.4 is 10.1 Å². The van der Waals surface area contributed by atoms with Gasteiger partial charge in [0.2, 0.25) is 0 Å². The fourth-order valence-corrected chi connectivity index (χ4v) is 3.72. The molecule has 0 spiro atoms. The first-order chi connectivity index (χ1) is 11.3. The Bertz CT molecular complexity index is 644. The lowest BCUT2D eigenvalue weighted by Crippen LogP contribution is -2.72. The molecule has 1 aromatic carbocycles. The normalized spacial score (nSPS) is 23.4. The lowest BCUT2D eigenvalue weighted by atomic mass is 9.65. The van der Waals surface area contributed by atoms with E-state index >= 15 is 0 Å². The molecule has 132 valence electrons. The summed E-state index contributed by atoms with van der Waals surface area (Å²) < 4.78 is 5.58. The van der Waals surface area contributed by atoms with Crippen LogP contribution in [0.5, 0.6) is 5.75 Å². The zero-order chi connectivity index (χ0) is 17.6. The van der Waals surface area contributed by atoms with Gasteiger partial charge in [0.15, 0.2) is 5.96 Å². The molecular weight excluding hydrogens is 298 g/mol. The summed E-state index contributed by atoms with van der Waals surface area (Å²) in [4.78, 5) is 6.93. The maximum atomic E-state index is 5.58. The molecular formula is C20H31N3O. The monoisotopic (exact) mass is 329 g/mol. The van der Waals surface area contributed by atoms with Gasteiger partial charge in [0.05, 0.1) is 7.11 Å². The van der Waals surface area contributed by atoms with Gasteiger partial charge in [-0.2, -0.15) is 0 Å². The molecule has 2 fully saturated rings. The van der Waals surface area contributed by atoms with E-state index in [1.165, 1.54) is 18.4 Å². The number of ether oxygens (including phenoxy) is 1. The Morgan fingerprint density at radius 3 is 2.38 bits per heavy atom. The summed E-state index contributed by atoms with van der Waals surface area (Å²) in [5.41, 5.74) is 1.94. The molecule has 0 amide bonds. The number of hydrogen-bond donors (Lipinski definition) is 1. The van der Waals surface area contributed by atoms with E-state index in [2.05, 4.69) is 61.1 Å². The fraction of sp³-hybridized carbons (Fsp3) is 0.650. The summed E-state index contributed by atoms with van der Waals surface area (Å²) in [5.74, 6) is 2.01. The van der Waals surface area contributed by atoms with E-state index in [9.17, 15) is 0 Å². The van der Waals surface area contributed by atoms with E-state index in [4.69, 9.17) is 4.74 Å². The largest absolute Gasteiger partial charge is 0.496 e. The number of aliphatic imine (C=N–C) groups is 1. The quantitative estimate of drug-likeness (QED) is 0.679. The lowest BCUT2D eigenvalue weighted by Gasteiger charge is -2.62. The number of likely N-dealkylation sites (tertiary alicyclic amines) is 1. The highest BCUT2D eigenvalue weighted by Crippen LogP contribution is 2.51. The first kappa shape index (κ1) is 17.1. The third kappa shape index (κ3) is 2.56. The van der Waals surface area contributed by atoms with Crippen LogP contribution in [0.1, 0.15) is 46.1 Å². The Balaban J connectivity index is 1.71. The topological polar surface area (TPSA) is 36.9 Å². The van der Waals surface area contributed by atoms with Crippen molar-refractivity contribution in [1.29, 1.82) is 0 Å². The standard InChI is InChI=1S/C20H31N3O/c1-18(2)14-23(19(18,3)4)17(21-5)22-13-20(11-12-20)15-9-7-8-10-16(15)24-6/h7-10H,11-14H2,1-6H3,(H,21,22). The molecule has 1 aliphatic heterocycles. The number of guanidine groups is 1. The van der Waals surface area contributed by atoms with Crippen LogP contribution in [0.25, 0.3) is 0 Å². The summed E-state index contributed by atoms with van der Waals surface area (Å²) in [5, 5.41) is 3.64. The van der Waals surface area contributed by atoms with Gasteiger partial charge in [0, 0.05) is 42.1 Å². The molecule has 1 heterocycles. The van der Waals surface area contributed by atoms with E-state index in [-0.39, 0.29) is 11.0 Å². The van der Waals surface area contributed by atoms with Crippen molar-refractivity contribution in [2.75, 3.05) is 27.2 Å². The molecule has 1 aliphatic carbocycles. The van der Waals surface area contributed by atoms with Gasteiger partial charge in [-0.05, 0) is 32.8 Å². The van der Waals surface area contributed by atoms with Gasteiger partial charge < -0.3 is 15.0 Å². The second-order valence-corrected chi connectivity index (χ2v) is 8.41. The van der Waals surface area contributed by atoms with Gasteiger partial charge in [-0.3, -0.25) is 4.99 Å². The van der Waals surface area contributed by atoms with Gasteiger partial charge in [0.1, 0.15) is 5.75 Å². The van der Waals surface area contributed by atoms with Crippen LogP contribution in [0, 0.1) is 5.41 Å². The van der Waals surface area contributed by atoms with Crippen LogP contribution in [0.2, 0.25) is 0 Å². The highest BCUT2D eigenvalue weighted by molar-refractivity contribution is 5.82. The molecule has 1 aromatic rings. The predicted octanol–water partition coefficient (Wildman–Crippen LogP) is 3.42. The van der Waals surface area contributed by atoms with Crippen molar-refractivity contribution < 1.29 is 4.74 Å². The minimum absolute atomic E-state index is 0.121. The minimum atomic E-state index is 0.121. The molecule has 2 aliphatic rings. The zero-order valence-electron chi connectivity index (χ0n) is 15.9. The van der Waals surface area contributed by atoms with Crippen molar-refractivity contribution in [3.63, 3.8) is 0 Å². The van der Waals surface area contributed by atoms with Crippen LogP contribution in [-0.4, -0.2) is 43.6 Å². The average molecular weight is 329 g/mol. The Kier molecular flexibility index (Phi) is 4.05.